The highest BCUT2D eigenvalue weighted by atomic mass is 32.2. The Balaban J connectivity index is 1.86. The molecule has 8 heteroatoms. The van der Waals surface area contributed by atoms with Crippen LogP contribution in [0.2, 0.25) is 0 Å². The molecule has 3 nitrogen and oxygen atoms in total. The summed E-state index contributed by atoms with van der Waals surface area (Å²) in [7, 11) is -4.01. The molecule has 0 atom stereocenters. The first-order valence-corrected chi connectivity index (χ1v) is 9.00. The second-order valence-corrected chi connectivity index (χ2v) is 7.38. The summed E-state index contributed by atoms with van der Waals surface area (Å²) < 4.78 is 79.1. The fourth-order valence-electron chi connectivity index (χ4n) is 2.53. The second-order valence-electron chi connectivity index (χ2n) is 5.61. The maximum absolute atomic E-state index is 14.0. The molecule has 0 fully saturated rings. The van der Waals surface area contributed by atoms with Crippen LogP contribution in [-0.2, 0) is 22.7 Å². The normalized spacial score (nSPS) is 12.5. The van der Waals surface area contributed by atoms with Crippen molar-refractivity contribution in [1.29, 1.82) is 0 Å². The predicted octanol–water partition coefficient (Wildman–Crippen LogP) is 4.48. The van der Waals surface area contributed by atoms with E-state index in [1.165, 1.54) is 12.1 Å². The van der Waals surface area contributed by atoms with E-state index < -0.39 is 34.1 Å². The predicted molar refractivity (Wildman–Crippen MR) is 89.4 cm³/mol. The smallest absolute Gasteiger partial charge is 0.207 e. The number of halogens is 4. The lowest BCUT2D eigenvalue weighted by Crippen LogP contribution is -2.24. The van der Waals surface area contributed by atoms with Crippen LogP contribution >= 0.6 is 0 Å². The van der Waals surface area contributed by atoms with Gasteiger partial charge in [-0.15, -0.1) is 0 Å². The van der Waals surface area contributed by atoms with E-state index in [-0.39, 0.29) is 10.5 Å². The van der Waals surface area contributed by atoms with Crippen molar-refractivity contribution in [3.8, 4) is 0 Å². The molecule has 3 aromatic carbocycles. The van der Waals surface area contributed by atoms with Crippen LogP contribution in [-0.4, -0.2) is 8.42 Å². The van der Waals surface area contributed by atoms with Crippen molar-refractivity contribution < 1.29 is 26.0 Å². The number of hydrogen-bond acceptors (Lipinski definition) is 2. The van der Waals surface area contributed by atoms with Crippen molar-refractivity contribution in [2.45, 2.75) is 17.6 Å². The van der Waals surface area contributed by atoms with E-state index in [0.29, 0.717) is 11.5 Å². The maximum Gasteiger partial charge on any atom is 0.419 e. The summed E-state index contributed by atoms with van der Waals surface area (Å²) in [5, 5.41) is 1.54. The first-order valence-electron chi connectivity index (χ1n) is 7.51. The van der Waals surface area contributed by atoms with Crippen LogP contribution in [0.25, 0.3) is 10.8 Å². The number of benzene rings is 3. The van der Waals surface area contributed by atoms with Crippen LogP contribution in [0, 0.1) is 5.82 Å². The van der Waals surface area contributed by atoms with Crippen LogP contribution in [0.5, 0.6) is 0 Å². The summed E-state index contributed by atoms with van der Waals surface area (Å²) in [6.45, 7) is -0.592. The molecular weight excluding hydrogens is 370 g/mol. The number of sulfonamides is 1. The van der Waals surface area contributed by atoms with Gasteiger partial charge in [-0.3, -0.25) is 0 Å². The Morgan fingerprint density at radius 1 is 0.885 bits per heavy atom. The molecular formula is C18H13F4NO2S. The summed E-state index contributed by atoms with van der Waals surface area (Å²) in [4.78, 5) is -0.0522. The number of alkyl halides is 3. The second kappa shape index (κ2) is 6.69. The van der Waals surface area contributed by atoms with Gasteiger partial charge in [0.2, 0.25) is 10.0 Å². The largest absolute Gasteiger partial charge is 0.419 e. The van der Waals surface area contributed by atoms with E-state index in [4.69, 9.17) is 0 Å². The molecule has 1 N–H and O–H groups in total. The Morgan fingerprint density at radius 3 is 2.27 bits per heavy atom. The Bertz CT molecular complexity index is 1060. The minimum Gasteiger partial charge on any atom is -0.207 e. The van der Waals surface area contributed by atoms with E-state index in [1.807, 2.05) is 12.1 Å². The average molecular weight is 383 g/mol. The van der Waals surface area contributed by atoms with Gasteiger partial charge in [0.05, 0.1) is 10.5 Å². The third-order valence-corrected chi connectivity index (χ3v) is 5.27. The summed E-state index contributed by atoms with van der Waals surface area (Å²) in [6, 6.07) is 14.3. The molecule has 0 aliphatic carbocycles. The van der Waals surface area contributed by atoms with Crippen LogP contribution in [0.1, 0.15) is 11.1 Å². The summed E-state index contributed by atoms with van der Waals surface area (Å²) in [5.74, 6) is -1.48. The van der Waals surface area contributed by atoms with Gasteiger partial charge in [0.25, 0.3) is 0 Å². The molecule has 0 aliphatic rings. The zero-order valence-corrected chi connectivity index (χ0v) is 14.0. The highest BCUT2D eigenvalue weighted by Gasteiger charge is 2.34. The molecule has 0 unspecified atom stereocenters. The van der Waals surface area contributed by atoms with Gasteiger partial charge in [-0.1, -0.05) is 42.5 Å². The van der Waals surface area contributed by atoms with E-state index >= 15 is 0 Å². The molecule has 0 saturated heterocycles. The third-order valence-electron chi connectivity index (χ3n) is 3.87. The van der Waals surface area contributed by atoms with Crippen LogP contribution in [0.15, 0.2) is 65.6 Å². The SMILES string of the molecule is O=S(=O)(NCc1cccc(C(F)(F)F)c1F)c1ccc2ccccc2c1. The van der Waals surface area contributed by atoms with Gasteiger partial charge >= 0.3 is 6.18 Å². The Hall–Kier alpha value is -2.45. The van der Waals surface area contributed by atoms with Crippen molar-refractivity contribution >= 4 is 20.8 Å². The van der Waals surface area contributed by atoms with Crippen LogP contribution in [0.3, 0.4) is 0 Å². The standard InChI is InChI=1S/C18H13F4NO2S/c19-17-14(6-3-7-16(17)18(20,21)22)11-23-26(24,25)15-9-8-12-4-1-2-5-13(12)10-15/h1-10,23H,11H2. The monoisotopic (exact) mass is 383 g/mol. The molecule has 3 aromatic rings. The van der Waals surface area contributed by atoms with Crippen molar-refractivity contribution in [2.75, 3.05) is 0 Å². The fourth-order valence-corrected chi connectivity index (χ4v) is 3.57. The first-order chi connectivity index (χ1) is 12.2. The van der Waals surface area contributed by atoms with E-state index in [0.717, 1.165) is 17.5 Å². The van der Waals surface area contributed by atoms with Gasteiger partial charge in [0.15, 0.2) is 0 Å². The third kappa shape index (κ3) is 3.71. The summed E-state index contributed by atoms with van der Waals surface area (Å²) in [6.07, 6.45) is -4.85. The van der Waals surface area contributed by atoms with Gasteiger partial charge < -0.3 is 0 Å². The van der Waals surface area contributed by atoms with Crippen LogP contribution < -0.4 is 4.72 Å². The highest BCUT2D eigenvalue weighted by molar-refractivity contribution is 7.89. The Labute approximate surface area is 147 Å². The molecule has 26 heavy (non-hydrogen) atoms. The van der Waals surface area contributed by atoms with Crippen molar-refractivity contribution in [1.82, 2.24) is 4.72 Å². The summed E-state index contributed by atoms with van der Waals surface area (Å²) >= 11 is 0. The van der Waals surface area contributed by atoms with Crippen molar-refractivity contribution in [2.24, 2.45) is 0 Å². The Morgan fingerprint density at radius 2 is 1.58 bits per heavy atom. The average Bonchev–Trinajstić information content (AvgIpc) is 2.59. The molecule has 3 rings (SSSR count). The molecule has 0 bridgehead atoms. The molecule has 0 saturated carbocycles. The lowest BCUT2D eigenvalue weighted by molar-refractivity contribution is -0.140. The molecule has 136 valence electrons. The zero-order valence-electron chi connectivity index (χ0n) is 13.2. The van der Waals surface area contributed by atoms with Crippen molar-refractivity contribution in [3.05, 3.63) is 77.6 Å². The number of fused-ring (bicyclic) bond motifs is 1. The minimum absolute atomic E-state index is 0.0522. The fraction of sp³-hybridized carbons (Fsp3) is 0.111. The van der Waals surface area contributed by atoms with E-state index in [1.54, 1.807) is 18.2 Å². The molecule has 0 aliphatic heterocycles. The van der Waals surface area contributed by atoms with E-state index in [9.17, 15) is 26.0 Å². The zero-order chi connectivity index (χ0) is 18.9. The molecule has 0 amide bonds. The molecule has 0 radical (unpaired) electrons. The first kappa shape index (κ1) is 18.3. The van der Waals surface area contributed by atoms with Crippen molar-refractivity contribution in [3.63, 3.8) is 0 Å². The highest BCUT2D eigenvalue weighted by Crippen LogP contribution is 2.32. The quantitative estimate of drug-likeness (QED) is 0.676. The number of hydrogen-bond donors (Lipinski definition) is 1. The molecule has 0 aromatic heterocycles. The maximum atomic E-state index is 14.0. The number of nitrogens with one attached hydrogen (secondary N) is 1. The number of rotatable bonds is 4. The van der Waals surface area contributed by atoms with Crippen LogP contribution in [0.4, 0.5) is 17.6 Å². The van der Waals surface area contributed by atoms with Gasteiger partial charge in [0.1, 0.15) is 5.82 Å². The van der Waals surface area contributed by atoms with Gasteiger partial charge in [-0.05, 0) is 29.0 Å². The van der Waals surface area contributed by atoms with Gasteiger partial charge in [0, 0.05) is 12.1 Å². The molecule has 0 heterocycles. The van der Waals surface area contributed by atoms with E-state index in [2.05, 4.69) is 4.72 Å². The summed E-state index contributed by atoms with van der Waals surface area (Å²) in [5.41, 5.74) is -1.82. The van der Waals surface area contributed by atoms with Gasteiger partial charge in [-0.25, -0.2) is 17.5 Å². The molecule has 0 spiro atoms. The Kier molecular flexibility index (Phi) is 4.72. The van der Waals surface area contributed by atoms with Gasteiger partial charge in [-0.2, -0.15) is 13.2 Å². The minimum atomic E-state index is -4.85. The lowest BCUT2D eigenvalue weighted by Gasteiger charge is -2.12. The lowest BCUT2D eigenvalue weighted by atomic mass is 10.1. The topological polar surface area (TPSA) is 46.2 Å².